The van der Waals surface area contributed by atoms with Crippen LogP contribution in [-0.2, 0) is 16.0 Å². The molecule has 0 aliphatic carbocycles. The summed E-state index contributed by atoms with van der Waals surface area (Å²) >= 11 is 1.26. The van der Waals surface area contributed by atoms with Crippen LogP contribution in [0.2, 0.25) is 0 Å². The number of rotatable bonds is 14. The number of aliphatic imine (C=N–C) groups is 1. The van der Waals surface area contributed by atoms with Gasteiger partial charge in [-0.1, -0.05) is 36.9 Å². The highest BCUT2D eigenvalue weighted by atomic mass is 32.2. The van der Waals surface area contributed by atoms with Crippen LogP contribution in [0.15, 0.2) is 65.1 Å². The van der Waals surface area contributed by atoms with E-state index in [0.29, 0.717) is 17.5 Å². The molecule has 8 nitrogen and oxygen atoms in total. The minimum absolute atomic E-state index is 0.166. The van der Waals surface area contributed by atoms with Gasteiger partial charge in [-0.15, -0.1) is 0 Å². The van der Waals surface area contributed by atoms with Crippen molar-refractivity contribution < 1.29 is 23.5 Å². The van der Waals surface area contributed by atoms with Crippen molar-refractivity contribution in [2.75, 3.05) is 33.0 Å². The van der Waals surface area contributed by atoms with Crippen molar-refractivity contribution in [2.24, 2.45) is 4.99 Å². The minimum atomic E-state index is -0.936. The van der Waals surface area contributed by atoms with Crippen LogP contribution in [0.5, 0.6) is 0 Å². The van der Waals surface area contributed by atoms with Crippen LogP contribution in [0.1, 0.15) is 18.4 Å². The van der Waals surface area contributed by atoms with Crippen molar-refractivity contribution in [3.8, 4) is 0 Å². The number of aliphatic hydroxyl groups excluding tert-OH is 1. The number of anilines is 1. The number of aliphatic hydroxyl groups is 1. The molecule has 200 valence electrons. The molecule has 3 N–H and O–H groups in total. The number of carbonyl (C=O) groups excluding carboxylic acids is 2. The normalized spacial score (nSPS) is 12.8. The fourth-order valence-electron chi connectivity index (χ4n) is 3.27. The molecule has 2 unspecified atom stereocenters. The molecule has 0 radical (unpaired) electrons. The average Bonchev–Trinajstić information content (AvgIpc) is 2.83. The first-order chi connectivity index (χ1) is 17.5. The quantitative estimate of drug-likeness (QED) is 0.196. The Hall–Kier alpha value is -3.28. The number of nitrogens with one attached hydrogen (secondary N) is 2. The fraction of sp³-hybridized carbons (Fsp3) is 0.346. The van der Waals surface area contributed by atoms with E-state index in [2.05, 4.69) is 22.2 Å². The number of amides is 2. The fourth-order valence-corrected chi connectivity index (χ4v) is 3.95. The van der Waals surface area contributed by atoms with Crippen LogP contribution < -0.4 is 10.6 Å². The monoisotopic (exact) mass is 533 g/mol. The van der Waals surface area contributed by atoms with E-state index < -0.39 is 35.6 Å². The molecule has 37 heavy (non-hydrogen) atoms. The van der Waals surface area contributed by atoms with E-state index in [9.17, 15) is 23.5 Å². The van der Waals surface area contributed by atoms with Gasteiger partial charge >= 0.3 is 0 Å². The SMILES string of the molecule is C=C(/N=C\N(C)C)SN(C)CC(O)C(Cc1ccccc1)NC(=O)CCC(=O)Nc1ccc(F)cc1F. The van der Waals surface area contributed by atoms with Crippen molar-refractivity contribution in [2.45, 2.75) is 31.4 Å². The second-order valence-corrected chi connectivity index (χ2v) is 9.88. The molecule has 0 saturated heterocycles. The molecule has 0 fully saturated rings. The largest absolute Gasteiger partial charge is 0.390 e. The van der Waals surface area contributed by atoms with E-state index in [-0.39, 0.29) is 25.1 Å². The predicted octanol–water partition coefficient (Wildman–Crippen LogP) is 3.41. The lowest BCUT2D eigenvalue weighted by Crippen LogP contribution is -2.48. The first-order valence-corrected chi connectivity index (χ1v) is 12.4. The first-order valence-electron chi connectivity index (χ1n) is 11.6. The highest BCUT2D eigenvalue weighted by Crippen LogP contribution is 2.20. The second kappa shape index (κ2) is 15.1. The second-order valence-electron chi connectivity index (χ2n) is 8.61. The number of halogens is 2. The van der Waals surface area contributed by atoms with Crippen LogP contribution in [-0.4, -0.2) is 72.3 Å². The Morgan fingerprint density at radius 1 is 1.11 bits per heavy atom. The Morgan fingerprint density at radius 3 is 2.43 bits per heavy atom. The summed E-state index contributed by atoms with van der Waals surface area (Å²) in [6, 6.07) is 11.6. The number of carbonyl (C=O) groups is 2. The summed E-state index contributed by atoms with van der Waals surface area (Å²) in [7, 11) is 5.47. The summed E-state index contributed by atoms with van der Waals surface area (Å²) in [6.07, 6.45) is 0.677. The Morgan fingerprint density at radius 2 is 1.78 bits per heavy atom. The molecule has 0 saturated carbocycles. The third-order valence-corrected chi connectivity index (χ3v) is 5.81. The van der Waals surface area contributed by atoms with Crippen LogP contribution >= 0.6 is 11.9 Å². The molecular weight excluding hydrogens is 500 g/mol. The lowest BCUT2D eigenvalue weighted by molar-refractivity contribution is -0.125. The number of hydrogen-bond donors (Lipinski definition) is 3. The molecular formula is C26H33F2N5O3S. The van der Waals surface area contributed by atoms with Crippen LogP contribution in [0.3, 0.4) is 0 Å². The third kappa shape index (κ3) is 11.5. The maximum absolute atomic E-state index is 13.8. The summed E-state index contributed by atoms with van der Waals surface area (Å²) in [6.45, 7) is 4.09. The molecule has 2 rings (SSSR count). The summed E-state index contributed by atoms with van der Waals surface area (Å²) in [5.41, 5.74) is 0.757. The van der Waals surface area contributed by atoms with Gasteiger partial charge in [-0.2, -0.15) is 0 Å². The Balaban J connectivity index is 1.96. The highest BCUT2D eigenvalue weighted by Gasteiger charge is 2.24. The van der Waals surface area contributed by atoms with Gasteiger partial charge in [0.1, 0.15) is 16.7 Å². The lowest BCUT2D eigenvalue weighted by Gasteiger charge is -2.27. The Labute approximate surface area is 220 Å². The van der Waals surface area contributed by atoms with E-state index >= 15 is 0 Å². The summed E-state index contributed by atoms with van der Waals surface area (Å²) in [5, 5.41) is 16.6. The summed E-state index contributed by atoms with van der Waals surface area (Å²) in [4.78, 5) is 30.8. The van der Waals surface area contributed by atoms with E-state index in [1.165, 1.54) is 11.9 Å². The first kappa shape index (κ1) is 29.9. The lowest BCUT2D eigenvalue weighted by atomic mass is 10.0. The van der Waals surface area contributed by atoms with E-state index in [1.54, 1.807) is 22.6 Å². The number of likely N-dealkylation sites (N-methyl/N-ethyl adjacent to an activating group) is 1. The predicted molar refractivity (Wildman–Crippen MR) is 144 cm³/mol. The van der Waals surface area contributed by atoms with Crippen molar-refractivity contribution in [1.29, 1.82) is 0 Å². The molecule has 11 heteroatoms. The third-order valence-electron chi connectivity index (χ3n) is 5.03. The van der Waals surface area contributed by atoms with Crippen LogP contribution in [0.25, 0.3) is 0 Å². The van der Waals surface area contributed by atoms with Crippen molar-refractivity contribution in [1.82, 2.24) is 14.5 Å². The molecule has 0 aliphatic heterocycles. The molecule has 2 aromatic rings. The standard InChI is InChI=1S/C26H33F2N5O3S/c1-18(29-17-32(2)3)37-33(4)16-24(34)23(14-19-8-6-5-7-9-19)31-26(36)13-12-25(35)30-22-11-10-20(27)15-21(22)28/h5-11,15,17,23-24,34H,1,12-14,16H2,2-4H3,(H,30,35)(H,31,36)/b29-17-. The zero-order valence-corrected chi connectivity index (χ0v) is 22.0. The van der Waals surface area contributed by atoms with Gasteiger partial charge in [0.25, 0.3) is 0 Å². The van der Waals surface area contributed by atoms with Gasteiger partial charge in [0.05, 0.1) is 24.2 Å². The maximum Gasteiger partial charge on any atom is 0.224 e. The number of benzene rings is 2. The van der Waals surface area contributed by atoms with E-state index in [4.69, 9.17) is 0 Å². The molecule has 2 amide bonds. The zero-order chi connectivity index (χ0) is 27.4. The smallest absolute Gasteiger partial charge is 0.224 e. The molecule has 0 bridgehead atoms. The number of nitrogens with zero attached hydrogens (tertiary/aromatic N) is 3. The Bertz CT molecular complexity index is 1090. The van der Waals surface area contributed by atoms with Crippen LogP contribution in [0, 0.1) is 11.6 Å². The van der Waals surface area contributed by atoms with E-state index in [0.717, 1.165) is 17.7 Å². The highest BCUT2D eigenvalue weighted by molar-refractivity contribution is 8.00. The molecule has 2 aromatic carbocycles. The molecule has 2 atom stereocenters. The Kier molecular flexibility index (Phi) is 12.2. The van der Waals surface area contributed by atoms with Gasteiger partial charge in [0.15, 0.2) is 0 Å². The van der Waals surface area contributed by atoms with Crippen molar-refractivity contribution in [3.05, 3.63) is 77.3 Å². The minimum Gasteiger partial charge on any atom is -0.390 e. The van der Waals surface area contributed by atoms with E-state index in [1.807, 2.05) is 44.4 Å². The zero-order valence-electron chi connectivity index (χ0n) is 21.2. The summed E-state index contributed by atoms with van der Waals surface area (Å²) in [5.74, 6) is -2.69. The van der Waals surface area contributed by atoms with Gasteiger partial charge in [0.2, 0.25) is 11.8 Å². The van der Waals surface area contributed by atoms with Gasteiger partial charge < -0.3 is 20.6 Å². The van der Waals surface area contributed by atoms with Crippen molar-refractivity contribution >= 4 is 35.8 Å². The molecule has 0 heterocycles. The van der Waals surface area contributed by atoms with Gasteiger partial charge in [-0.05, 0) is 43.1 Å². The average molecular weight is 534 g/mol. The van der Waals surface area contributed by atoms with Crippen LogP contribution in [0.4, 0.5) is 14.5 Å². The topological polar surface area (TPSA) is 97.3 Å². The molecule has 0 spiro atoms. The number of hydrogen-bond acceptors (Lipinski definition) is 6. The van der Waals surface area contributed by atoms with Gasteiger partial charge in [-0.3, -0.25) is 9.59 Å². The summed E-state index contributed by atoms with van der Waals surface area (Å²) < 4.78 is 28.6. The maximum atomic E-state index is 13.8. The molecule has 0 aliphatic rings. The van der Waals surface area contributed by atoms with Gasteiger partial charge in [-0.25, -0.2) is 18.1 Å². The van der Waals surface area contributed by atoms with Gasteiger partial charge in [0, 0.05) is 39.5 Å². The van der Waals surface area contributed by atoms with Crippen molar-refractivity contribution in [3.63, 3.8) is 0 Å². The molecule has 0 aromatic heterocycles.